The Hall–Kier alpha value is -6.92. The maximum Gasteiger partial charge on any atom is 0.235 e. The second kappa shape index (κ2) is 10.3. The van der Waals surface area contributed by atoms with Crippen molar-refractivity contribution in [1.82, 2.24) is 29.1 Å². The van der Waals surface area contributed by atoms with Crippen LogP contribution in [0.1, 0.15) is 0 Å². The molecule has 0 saturated heterocycles. The molecule has 0 radical (unpaired) electrons. The average Bonchev–Trinajstić information content (AvgIpc) is 3.71. The molecule has 0 spiro atoms. The summed E-state index contributed by atoms with van der Waals surface area (Å²) in [6.45, 7) is 0. The number of rotatable bonds is 3. The zero-order valence-electron chi connectivity index (χ0n) is 26.7. The highest BCUT2D eigenvalue weighted by atomic mass is 15.2. The minimum absolute atomic E-state index is 0.604. The van der Waals surface area contributed by atoms with Crippen molar-refractivity contribution in [2.24, 2.45) is 0 Å². The van der Waals surface area contributed by atoms with Crippen LogP contribution < -0.4 is 0 Å². The molecule has 7 aromatic carbocycles. The Morgan fingerprint density at radius 1 is 0.320 bits per heavy atom. The van der Waals surface area contributed by atoms with Gasteiger partial charge in [0, 0.05) is 44.7 Å². The minimum Gasteiger partial charge on any atom is -0.278 e. The van der Waals surface area contributed by atoms with E-state index in [1.54, 1.807) is 0 Å². The molecule has 0 fully saturated rings. The monoisotopic (exact) mass is 638 g/mol. The van der Waals surface area contributed by atoms with Gasteiger partial charge in [0.1, 0.15) is 11.0 Å². The summed E-state index contributed by atoms with van der Waals surface area (Å²) in [5.74, 6) is 1.21. The van der Waals surface area contributed by atoms with Crippen molar-refractivity contribution < 1.29 is 0 Å². The van der Waals surface area contributed by atoms with Gasteiger partial charge in [-0.1, -0.05) is 115 Å². The van der Waals surface area contributed by atoms with E-state index in [0.29, 0.717) is 11.9 Å². The number of nitrogens with zero attached hydrogens (tertiary/aromatic N) is 6. The van der Waals surface area contributed by atoms with E-state index in [2.05, 4.69) is 149 Å². The molecular weight excluding hydrogens is 613 g/mol. The molecule has 11 aromatic rings. The molecule has 6 heteroatoms. The average molecular weight is 639 g/mol. The largest absolute Gasteiger partial charge is 0.278 e. The number of benzene rings is 7. The van der Waals surface area contributed by atoms with Gasteiger partial charge >= 0.3 is 0 Å². The molecule has 11 rings (SSSR count). The lowest BCUT2D eigenvalue weighted by Gasteiger charge is -2.14. The molecule has 232 valence electrons. The summed E-state index contributed by atoms with van der Waals surface area (Å²) < 4.78 is 4.32. The predicted molar refractivity (Wildman–Crippen MR) is 204 cm³/mol. The molecule has 0 aliphatic rings. The van der Waals surface area contributed by atoms with Crippen LogP contribution in [0.25, 0.3) is 99.2 Å². The maximum absolute atomic E-state index is 5.40. The fourth-order valence-electron chi connectivity index (χ4n) is 7.80. The second-order valence-electron chi connectivity index (χ2n) is 12.7. The van der Waals surface area contributed by atoms with E-state index in [-0.39, 0.29) is 0 Å². The lowest BCUT2D eigenvalue weighted by molar-refractivity contribution is 1.00. The van der Waals surface area contributed by atoms with Gasteiger partial charge in [0.2, 0.25) is 11.9 Å². The number of aromatic nitrogens is 6. The topological polar surface area (TPSA) is 61.4 Å². The van der Waals surface area contributed by atoms with E-state index >= 15 is 0 Å². The Morgan fingerprint density at radius 2 is 0.740 bits per heavy atom. The van der Waals surface area contributed by atoms with Gasteiger partial charge in [0.25, 0.3) is 0 Å². The molecule has 0 aliphatic carbocycles. The molecule has 6 nitrogen and oxygen atoms in total. The lowest BCUT2D eigenvalue weighted by Crippen LogP contribution is -2.04. The van der Waals surface area contributed by atoms with Crippen LogP contribution in [0.4, 0.5) is 0 Å². The molecule has 0 bridgehead atoms. The van der Waals surface area contributed by atoms with Crippen molar-refractivity contribution in [2.45, 2.75) is 0 Å². The maximum atomic E-state index is 5.40. The van der Waals surface area contributed by atoms with Gasteiger partial charge in [-0.15, -0.1) is 0 Å². The first-order valence-corrected chi connectivity index (χ1v) is 16.7. The van der Waals surface area contributed by atoms with Crippen LogP contribution in [0.15, 0.2) is 158 Å². The Morgan fingerprint density at radius 3 is 1.22 bits per heavy atom. The van der Waals surface area contributed by atoms with Crippen molar-refractivity contribution in [3.63, 3.8) is 0 Å². The SMILES string of the molecule is c1ccc(-c2ccc3c(c2)c2cnc(-n4c5ccccc5c5ccccc54)nc2c2nc(-n4c5ccccc5c5ccccc54)ncc32)cc1. The standard InChI is InChI=1S/C44H26N6/c1-2-12-27(13-3-1)28-22-23-29-34(24-28)36-26-46-44(50-39-20-10-6-16-32(39)33-17-7-11-21-40(33)50)48-42(36)41-35(29)25-45-43(47-41)49-37-18-8-4-14-30(37)31-15-5-9-19-38(31)49/h1-26H. The minimum atomic E-state index is 0.604. The molecule has 4 aromatic heterocycles. The number of fused-ring (bicyclic) bond motifs is 12. The van der Waals surface area contributed by atoms with Gasteiger partial charge < -0.3 is 0 Å². The van der Waals surface area contributed by atoms with Crippen molar-refractivity contribution in [2.75, 3.05) is 0 Å². The highest BCUT2D eigenvalue weighted by molar-refractivity contribution is 6.23. The normalized spacial score (nSPS) is 12.0. The summed E-state index contributed by atoms with van der Waals surface area (Å²) >= 11 is 0. The van der Waals surface area contributed by atoms with Gasteiger partial charge in [0.05, 0.1) is 22.1 Å². The van der Waals surface area contributed by atoms with Crippen LogP contribution in [0.3, 0.4) is 0 Å². The highest BCUT2D eigenvalue weighted by Gasteiger charge is 2.20. The van der Waals surface area contributed by atoms with E-state index in [1.807, 2.05) is 18.5 Å². The Balaban J connectivity index is 1.26. The summed E-state index contributed by atoms with van der Waals surface area (Å²) in [5, 5.41) is 8.69. The van der Waals surface area contributed by atoms with Gasteiger partial charge in [-0.05, 0) is 52.2 Å². The zero-order chi connectivity index (χ0) is 32.8. The Bertz CT molecular complexity index is 3050. The van der Waals surface area contributed by atoms with Crippen molar-refractivity contribution in [3.8, 4) is 23.0 Å². The van der Waals surface area contributed by atoms with E-state index in [9.17, 15) is 0 Å². The number of hydrogen-bond donors (Lipinski definition) is 0. The third kappa shape index (κ3) is 3.78. The van der Waals surface area contributed by atoms with Gasteiger partial charge in [-0.3, -0.25) is 9.13 Å². The summed E-state index contributed by atoms with van der Waals surface area (Å²) in [7, 11) is 0. The van der Waals surface area contributed by atoms with E-state index in [1.165, 1.54) is 21.5 Å². The Kier molecular flexibility index (Phi) is 5.57. The lowest BCUT2D eigenvalue weighted by atomic mass is 9.97. The van der Waals surface area contributed by atoms with Crippen LogP contribution in [-0.4, -0.2) is 29.1 Å². The second-order valence-corrected chi connectivity index (χ2v) is 12.7. The molecule has 0 saturated carbocycles. The summed E-state index contributed by atoms with van der Waals surface area (Å²) in [6, 6.07) is 50.9. The van der Waals surface area contributed by atoms with E-state index in [0.717, 1.165) is 65.8 Å². The van der Waals surface area contributed by atoms with Gasteiger partial charge in [-0.2, -0.15) is 0 Å². The summed E-state index contributed by atoms with van der Waals surface area (Å²) in [6.07, 6.45) is 3.94. The van der Waals surface area contributed by atoms with Gasteiger partial charge in [0.15, 0.2) is 0 Å². The van der Waals surface area contributed by atoms with Crippen LogP contribution in [0, 0.1) is 0 Å². The molecule has 0 atom stereocenters. The van der Waals surface area contributed by atoms with Crippen molar-refractivity contribution >= 4 is 76.2 Å². The zero-order valence-corrected chi connectivity index (χ0v) is 26.7. The molecule has 0 aliphatic heterocycles. The molecule has 0 unspecified atom stereocenters. The fraction of sp³-hybridized carbons (Fsp3) is 0. The summed E-state index contributed by atoms with van der Waals surface area (Å²) in [4.78, 5) is 20.9. The van der Waals surface area contributed by atoms with Gasteiger partial charge in [-0.25, -0.2) is 19.9 Å². The first-order chi connectivity index (χ1) is 24.8. The van der Waals surface area contributed by atoms with Crippen LogP contribution >= 0.6 is 0 Å². The first-order valence-electron chi connectivity index (χ1n) is 16.7. The third-order valence-corrected chi connectivity index (χ3v) is 10.0. The van der Waals surface area contributed by atoms with Crippen LogP contribution in [0.2, 0.25) is 0 Å². The fourth-order valence-corrected chi connectivity index (χ4v) is 7.80. The number of hydrogen-bond acceptors (Lipinski definition) is 4. The molecule has 4 heterocycles. The van der Waals surface area contributed by atoms with Crippen LogP contribution in [0.5, 0.6) is 0 Å². The molecular formula is C44H26N6. The quantitative estimate of drug-likeness (QED) is 0.181. The van der Waals surface area contributed by atoms with Crippen molar-refractivity contribution in [1.29, 1.82) is 0 Å². The van der Waals surface area contributed by atoms with Crippen molar-refractivity contribution in [3.05, 3.63) is 158 Å². The van der Waals surface area contributed by atoms with E-state index in [4.69, 9.17) is 19.9 Å². The van der Waals surface area contributed by atoms with Crippen LogP contribution in [-0.2, 0) is 0 Å². The van der Waals surface area contributed by atoms with E-state index < -0.39 is 0 Å². The predicted octanol–water partition coefficient (Wildman–Crippen LogP) is 10.6. The molecule has 50 heavy (non-hydrogen) atoms. The Labute approximate surface area is 285 Å². The summed E-state index contributed by atoms with van der Waals surface area (Å²) in [5.41, 5.74) is 8.11. The third-order valence-electron chi connectivity index (χ3n) is 10.0. The highest BCUT2D eigenvalue weighted by Crippen LogP contribution is 2.38. The molecule has 0 amide bonds. The smallest absolute Gasteiger partial charge is 0.235 e. The number of para-hydroxylation sites is 4. The first kappa shape index (κ1) is 27.1. The molecule has 0 N–H and O–H groups in total.